The molecule has 0 aromatic heterocycles. The molecule has 2 aromatic carbocycles. The second kappa shape index (κ2) is 8.43. The summed E-state index contributed by atoms with van der Waals surface area (Å²) in [6.07, 6.45) is -0.504. The minimum absolute atomic E-state index is 0.265. The fourth-order valence-electron chi connectivity index (χ4n) is 3.42. The van der Waals surface area contributed by atoms with Crippen LogP contribution in [0.15, 0.2) is 30.3 Å². The summed E-state index contributed by atoms with van der Waals surface area (Å²) in [5.74, 6) is 0.320. The minimum atomic E-state index is -1.02. The summed E-state index contributed by atoms with van der Waals surface area (Å²) in [5, 5.41) is 12.1. The number of carboxylic acids is 1. The molecular formula is C22H25NO6. The van der Waals surface area contributed by atoms with Crippen LogP contribution in [0.1, 0.15) is 34.7 Å². The highest BCUT2D eigenvalue weighted by molar-refractivity contribution is 5.83. The summed E-state index contributed by atoms with van der Waals surface area (Å²) < 4.78 is 16.3. The van der Waals surface area contributed by atoms with Crippen LogP contribution in [0.3, 0.4) is 0 Å². The Labute approximate surface area is 169 Å². The first-order chi connectivity index (χ1) is 13.8. The quantitative estimate of drug-likeness (QED) is 0.743. The Kier molecular flexibility index (Phi) is 5.96. The molecule has 29 heavy (non-hydrogen) atoms. The third-order valence-electron chi connectivity index (χ3n) is 5.15. The Morgan fingerprint density at radius 1 is 1.14 bits per heavy atom. The molecule has 1 aliphatic heterocycles. The van der Waals surface area contributed by atoms with Gasteiger partial charge in [0.1, 0.15) is 5.75 Å². The zero-order valence-electron chi connectivity index (χ0n) is 16.9. The summed E-state index contributed by atoms with van der Waals surface area (Å²) in [6, 6.07) is 8.30. The van der Waals surface area contributed by atoms with E-state index < -0.39 is 18.1 Å². The molecule has 0 saturated heterocycles. The molecule has 2 aromatic rings. The molecule has 154 valence electrons. The van der Waals surface area contributed by atoms with Gasteiger partial charge in [0.2, 0.25) is 0 Å². The van der Waals surface area contributed by atoms with Crippen molar-refractivity contribution in [2.45, 2.75) is 38.8 Å². The van der Waals surface area contributed by atoms with Crippen LogP contribution in [-0.2, 0) is 16.0 Å². The third kappa shape index (κ3) is 4.45. The maximum Gasteiger partial charge on any atom is 0.305 e. The van der Waals surface area contributed by atoms with E-state index in [4.69, 9.17) is 14.2 Å². The number of nitrogens with one attached hydrogen (secondary N) is 1. The van der Waals surface area contributed by atoms with E-state index in [1.54, 1.807) is 18.2 Å². The number of amides is 1. The van der Waals surface area contributed by atoms with Gasteiger partial charge in [-0.25, -0.2) is 0 Å². The van der Waals surface area contributed by atoms with E-state index in [1.807, 2.05) is 26.0 Å². The van der Waals surface area contributed by atoms with Crippen molar-refractivity contribution in [2.75, 3.05) is 14.2 Å². The summed E-state index contributed by atoms with van der Waals surface area (Å²) in [4.78, 5) is 24.2. The number of ether oxygens (including phenoxy) is 3. The molecule has 2 N–H and O–H groups in total. The second-order valence-corrected chi connectivity index (χ2v) is 7.13. The number of rotatable bonds is 7. The molecular weight excluding hydrogens is 374 g/mol. The molecule has 0 bridgehead atoms. The zero-order valence-corrected chi connectivity index (χ0v) is 16.9. The van der Waals surface area contributed by atoms with Crippen molar-refractivity contribution >= 4 is 11.9 Å². The number of methoxy groups -OCH3 is 2. The number of fused-ring (bicyclic) bond motifs is 1. The van der Waals surface area contributed by atoms with Crippen molar-refractivity contribution < 1.29 is 28.9 Å². The molecule has 7 heteroatoms. The minimum Gasteiger partial charge on any atom is -0.493 e. The van der Waals surface area contributed by atoms with Gasteiger partial charge in [-0.15, -0.1) is 0 Å². The maximum atomic E-state index is 12.8. The Hall–Kier alpha value is -3.22. The lowest BCUT2D eigenvalue weighted by Gasteiger charge is -2.21. The van der Waals surface area contributed by atoms with Crippen LogP contribution in [0.5, 0.6) is 17.2 Å². The predicted molar refractivity (Wildman–Crippen MR) is 107 cm³/mol. The smallest absolute Gasteiger partial charge is 0.305 e. The normalized spacial score (nSPS) is 15.8. The van der Waals surface area contributed by atoms with Gasteiger partial charge in [0, 0.05) is 6.42 Å². The van der Waals surface area contributed by atoms with Crippen LogP contribution in [0.25, 0.3) is 0 Å². The van der Waals surface area contributed by atoms with Crippen LogP contribution in [-0.4, -0.2) is 37.3 Å². The van der Waals surface area contributed by atoms with E-state index in [-0.39, 0.29) is 12.3 Å². The monoisotopic (exact) mass is 399 g/mol. The van der Waals surface area contributed by atoms with Gasteiger partial charge in [0.25, 0.3) is 5.91 Å². The Morgan fingerprint density at radius 2 is 1.83 bits per heavy atom. The molecule has 1 aliphatic rings. The largest absolute Gasteiger partial charge is 0.493 e. The zero-order chi connectivity index (χ0) is 21.1. The van der Waals surface area contributed by atoms with Crippen molar-refractivity contribution in [3.63, 3.8) is 0 Å². The molecule has 0 spiro atoms. The summed E-state index contributed by atoms with van der Waals surface area (Å²) in [7, 11) is 3.02. The van der Waals surface area contributed by atoms with Crippen LogP contribution in [0, 0.1) is 13.8 Å². The first-order valence-corrected chi connectivity index (χ1v) is 9.33. The molecule has 2 atom stereocenters. The van der Waals surface area contributed by atoms with Gasteiger partial charge in [-0.05, 0) is 54.3 Å². The summed E-state index contributed by atoms with van der Waals surface area (Å²) >= 11 is 0. The molecule has 1 amide bonds. The predicted octanol–water partition coefficient (Wildman–Crippen LogP) is 2.96. The van der Waals surface area contributed by atoms with Gasteiger partial charge in [-0.3, -0.25) is 9.59 Å². The SMILES string of the molecule is COc1ccc([C@H](CC(=O)O)NC(=O)[C@@H]2Cc3cc(C)c(C)cc3O2)cc1OC. The number of aryl methyl sites for hydroxylation is 2. The molecule has 0 saturated carbocycles. The lowest BCUT2D eigenvalue weighted by Crippen LogP contribution is -2.40. The van der Waals surface area contributed by atoms with Gasteiger partial charge >= 0.3 is 5.97 Å². The molecule has 3 rings (SSSR count). The fourth-order valence-corrected chi connectivity index (χ4v) is 3.42. The van der Waals surface area contributed by atoms with Crippen molar-refractivity contribution in [1.82, 2.24) is 5.32 Å². The maximum absolute atomic E-state index is 12.8. The number of benzene rings is 2. The van der Waals surface area contributed by atoms with Gasteiger partial charge in [-0.1, -0.05) is 12.1 Å². The molecule has 0 radical (unpaired) electrons. The molecule has 0 aliphatic carbocycles. The fraction of sp³-hybridized carbons (Fsp3) is 0.364. The van der Waals surface area contributed by atoms with E-state index in [9.17, 15) is 14.7 Å². The highest BCUT2D eigenvalue weighted by Gasteiger charge is 2.31. The number of hydrogen-bond donors (Lipinski definition) is 2. The van der Waals surface area contributed by atoms with E-state index in [0.29, 0.717) is 29.2 Å². The van der Waals surface area contributed by atoms with Gasteiger partial charge in [0.15, 0.2) is 17.6 Å². The number of carbonyl (C=O) groups excluding carboxylic acids is 1. The summed E-state index contributed by atoms with van der Waals surface area (Å²) in [6.45, 7) is 4.01. The van der Waals surface area contributed by atoms with E-state index in [1.165, 1.54) is 14.2 Å². The average molecular weight is 399 g/mol. The van der Waals surface area contributed by atoms with Crippen LogP contribution in [0.2, 0.25) is 0 Å². The molecule has 7 nitrogen and oxygen atoms in total. The Morgan fingerprint density at radius 3 is 2.48 bits per heavy atom. The lowest BCUT2D eigenvalue weighted by molar-refractivity contribution is -0.138. The molecule has 0 fully saturated rings. The van der Waals surface area contributed by atoms with Crippen LogP contribution in [0.4, 0.5) is 0 Å². The number of aliphatic carboxylic acids is 1. The van der Waals surface area contributed by atoms with Crippen molar-refractivity contribution in [3.8, 4) is 17.2 Å². The molecule has 0 unspecified atom stereocenters. The van der Waals surface area contributed by atoms with Crippen molar-refractivity contribution in [2.24, 2.45) is 0 Å². The van der Waals surface area contributed by atoms with Gasteiger partial charge in [0.05, 0.1) is 26.7 Å². The third-order valence-corrected chi connectivity index (χ3v) is 5.15. The van der Waals surface area contributed by atoms with Gasteiger partial charge < -0.3 is 24.6 Å². The van der Waals surface area contributed by atoms with E-state index in [2.05, 4.69) is 5.32 Å². The van der Waals surface area contributed by atoms with Crippen molar-refractivity contribution in [3.05, 3.63) is 52.6 Å². The van der Waals surface area contributed by atoms with Gasteiger partial charge in [-0.2, -0.15) is 0 Å². The first kappa shape index (κ1) is 20.5. The van der Waals surface area contributed by atoms with Crippen LogP contribution >= 0.6 is 0 Å². The number of carboxylic acid groups (broad SMARTS) is 1. The number of hydrogen-bond acceptors (Lipinski definition) is 5. The van der Waals surface area contributed by atoms with E-state index >= 15 is 0 Å². The van der Waals surface area contributed by atoms with E-state index in [0.717, 1.165) is 16.7 Å². The lowest BCUT2D eigenvalue weighted by atomic mass is 10.0. The highest BCUT2D eigenvalue weighted by atomic mass is 16.5. The Bertz CT molecular complexity index is 908. The Balaban J connectivity index is 1.79. The average Bonchev–Trinajstić information content (AvgIpc) is 3.09. The van der Waals surface area contributed by atoms with Crippen molar-refractivity contribution in [1.29, 1.82) is 0 Å². The topological polar surface area (TPSA) is 94.1 Å². The molecule has 1 heterocycles. The second-order valence-electron chi connectivity index (χ2n) is 7.13. The first-order valence-electron chi connectivity index (χ1n) is 9.33. The standard InChI is InChI=1S/C22H25NO6/c1-12-7-15-10-20(29-18(15)8-13(12)2)22(26)23-16(11-21(24)25)14-5-6-17(27-3)19(9-14)28-4/h5-9,16,20H,10-11H2,1-4H3,(H,23,26)(H,24,25)/t16-,20-/m0/s1. The van der Waals surface area contributed by atoms with Crippen LogP contribution < -0.4 is 19.5 Å². The summed E-state index contributed by atoms with van der Waals surface area (Å²) in [5.41, 5.74) is 3.83. The number of carbonyl (C=O) groups is 2. The highest BCUT2D eigenvalue weighted by Crippen LogP contribution is 2.33.